The smallest absolute Gasteiger partial charge is 0.0629 e. The molecular formula is C60H49N. The van der Waals surface area contributed by atoms with E-state index in [0.717, 1.165) is 45.2 Å². The highest BCUT2D eigenvalue weighted by Gasteiger charge is 2.66. The lowest BCUT2D eigenvalue weighted by atomic mass is 9.58. The van der Waals surface area contributed by atoms with Gasteiger partial charge in [0, 0.05) is 27.9 Å². The molecule has 5 atom stereocenters. The molecule has 0 N–H and O–H groups in total. The fourth-order valence-corrected chi connectivity index (χ4v) is 13.5. The normalized spacial score (nSPS) is 24.0. The fourth-order valence-electron chi connectivity index (χ4n) is 13.5. The van der Waals surface area contributed by atoms with Gasteiger partial charge in [-0.2, -0.15) is 0 Å². The molecule has 8 aromatic carbocycles. The van der Waals surface area contributed by atoms with Crippen molar-refractivity contribution in [3.8, 4) is 55.6 Å². The van der Waals surface area contributed by atoms with Crippen LogP contribution in [0.15, 0.2) is 188 Å². The van der Waals surface area contributed by atoms with Crippen LogP contribution in [0.1, 0.15) is 68.6 Å². The third kappa shape index (κ3) is 4.95. The lowest BCUT2D eigenvalue weighted by molar-refractivity contribution is 0.191. The molecule has 61 heavy (non-hydrogen) atoms. The van der Waals surface area contributed by atoms with E-state index < -0.39 is 0 Å². The first-order chi connectivity index (χ1) is 32.0. The van der Waals surface area contributed by atoms with Gasteiger partial charge < -0.3 is 4.90 Å². The average molecular weight is 789 g/mol. The highest BCUT2D eigenvalue weighted by Crippen LogP contribution is 2.74. The van der Waals surface area contributed by atoms with Gasteiger partial charge in [0.15, 0.2) is 0 Å². The molecule has 4 fully saturated rings. The van der Waals surface area contributed by atoms with Crippen molar-refractivity contribution in [3.63, 3.8) is 0 Å². The first-order valence-electron chi connectivity index (χ1n) is 24.7. The second-order valence-electron chi connectivity index (χ2n) is 18.9. The zero-order valence-electron chi connectivity index (χ0n) is 39.6. The van der Waals surface area contributed by atoms with E-state index in [1.54, 1.807) is 0 Å². The van der Waals surface area contributed by atoms with Gasteiger partial charge in [0.2, 0.25) is 0 Å². The number of hydrogen-bond donors (Lipinski definition) is 0. The molecule has 1 nitrogen and oxygen atoms in total. The maximum absolute atomic E-state index is 9.50. The number of hydrogen-bond acceptors (Lipinski definition) is 1. The van der Waals surface area contributed by atoms with E-state index in [1.165, 1.54) is 70.2 Å². The van der Waals surface area contributed by atoms with Gasteiger partial charge >= 0.3 is 0 Å². The Bertz CT molecular complexity index is 3300. The molecule has 6 aliphatic rings. The summed E-state index contributed by atoms with van der Waals surface area (Å²) >= 11 is 0. The molecule has 14 rings (SSSR count). The van der Waals surface area contributed by atoms with Crippen LogP contribution in [0.3, 0.4) is 0 Å². The van der Waals surface area contributed by atoms with E-state index >= 15 is 0 Å². The molecule has 0 radical (unpaired) electrons. The van der Waals surface area contributed by atoms with Gasteiger partial charge in [-0.05, 0) is 164 Å². The van der Waals surface area contributed by atoms with E-state index in [-0.39, 0.29) is 46.6 Å². The second kappa shape index (κ2) is 13.0. The molecule has 4 saturated carbocycles. The van der Waals surface area contributed by atoms with Gasteiger partial charge in [0.25, 0.3) is 0 Å². The number of rotatable bonds is 6. The minimum absolute atomic E-state index is 0.128. The van der Waals surface area contributed by atoms with E-state index in [4.69, 9.17) is 4.11 Å². The summed E-state index contributed by atoms with van der Waals surface area (Å²) in [6.45, 7) is 4.61. The summed E-state index contributed by atoms with van der Waals surface area (Å²) in [5, 5.41) is 0. The summed E-state index contributed by atoms with van der Waals surface area (Å²) in [7, 11) is 0. The summed E-state index contributed by atoms with van der Waals surface area (Å²) in [4.78, 5) is 2.28. The Morgan fingerprint density at radius 2 is 1.07 bits per heavy atom. The summed E-state index contributed by atoms with van der Waals surface area (Å²) in [5.41, 5.74) is 18.0. The van der Waals surface area contributed by atoms with Crippen LogP contribution in [0.4, 0.5) is 17.1 Å². The van der Waals surface area contributed by atoms with Crippen LogP contribution in [0.2, 0.25) is 0 Å². The largest absolute Gasteiger partial charge is 0.310 e. The molecule has 8 aromatic rings. The number of benzene rings is 8. The standard InChI is InChI=1S/C60H49N/c1-59(2)54-22-11-9-18-48(54)50-31-29-46(37-57(50)59)61(44-26-24-40(25-27-44)39-14-5-3-6-15-39)45-28-30-47(53(36-45)41-16-7-4-8-17-41)51-20-13-21-52-49-19-10-12-23-55(49)60(58(51)52)43-33-38-32-42(35-43)56(60)34-38/h3-31,36-38,42-43,56H,32-35H2,1-2H3/i4D,7D,8D,16D,17D. The van der Waals surface area contributed by atoms with Gasteiger partial charge in [-0.1, -0.05) is 165 Å². The van der Waals surface area contributed by atoms with E-state index in [2.05, 4.69) is 170 Å². The lowest BCUT2D eigenvalue weighted by Crippen LogP contribution is -2.40. The van der Waals surface area contributed by atoms with Crippen LogP contribution in [0.25, 0.3) is 55.6 Å². The molecule has 5 unspecified atom stereocenters. The number of fused-ring (bicyclic) bond motifs is 6. The van der Waals surface area contributed by atoms with Crippen molar-refractivity contribution in [2.24, 2.45) is 23.7 Å². The Labute approximate surface area is 367 Å². The number of nitrogens with zero attached hydrogens (tertiary/aromatic N) is 1. The molecule has 1 heteroatoms. The van der Waals surface area contributed by atoms with Crippen molar-refractivity contribution >= 4 is 17.1 Å². The zero-order chi connectivity index (χ0) is 44.8. The molecule has 0 saturated heterocycles. The predicted molar refractivity (Wildman–Crippen MR) is 254 cm³/mol. The third-order valence-corrected chi connectivity index (χ3v) is 15.7. The Morgan fingerprint density at radius 1 is 0.459 bits per heavy atom. The van der Waals surface area contributed by atoms with Crippen molar-refractivity contribution < 1.29 is 6.85 Å². The third-order valence-electron chi connectivity index (χ3n) is 15.7. The second-order valence-corrected chi connectivity index (χ2v) is 18.9. The molecule has 0 aliphatic heterocycles. The minimum Gasteiger partial charge on any atom is -0.310 e. The van der Waals surface area contributed by atoms with Crippen molar-refractivity contribution in [2.45, 2.75) is 50.4 Å². The molecule has 0 amide bonds. The average Bonchev–Trinajstić information content (AvgIpc) is 3.97. The Hall–Kier alpha value is -6.44. The molecule has 294 valence electrons. The highest BCUT2D eigenvalue weighted by molar-refractivity contribution is 5.96. The zero-order valence-corrected chi connectivity index (χ0v) is 34.6. The van der Waals surface area contributed by atoms with Crippen LogP contribution in [-0.4, -0.2) is 0 Å². The van der Waals surface area contributed by atoms with Crippen LogP contribution >= 0.6 is 0 Å². The van der Waals surface area contributed by atoms with Crippen LogP contribution in [0, 0.1) is 23.7 Å². The molecular weight excluding hydrogens is 735 g/mol. The summed E-state index contributed by atoms with van der Waals surface area (Å²) in [5.74, 6) is 2.59. The Morgan fingerprint density at radius 3 is 1.84 bits per heavy atom. The molecule has 6 aliphatic carbocycles. The lowest BCUT2D eigenvalue weighted by Gasteiger charge is -2.44. The summed E-state index contributed by atoms with van der Waals surface area (Å²) in [6, 6.07) is 55.4. The van der Waals surface area contributed by atoms with Crippen molar-refractivity contribution in [2.75, 3.05) is 4.90 Å². The predicted octanol–water partition coefficient (Wildman–Crippen LogP) is 15.8. The van der Waals surface area contributed by atoms with E-state index in [1.807, 2.05) is 6.07 Å². The van der Waals surface area contributed by atoms with E-state index in [0.29, 0.717) is 23.3 Å². The van der Waals surface area contributed by atoms with Gasteiger partial charge in [-0.25, -0.2) is 0 Å². The van der Waals surface area contributed by atoms with Gasteiger partial charge in [-0.15, -0.1) is 0 Å². The SMILES string of the molecule is [2H]c1c([2H])c([2H])c(-c2cc(N(c3ccc(-c4ccccc4)cc3)c3ccc4c(c3)C(C)(C)c3ccccc3-4)ccc2-c2cccc3c2C2(c4ccccc4-3)C3CC4CC(C3)C2C4)c([2H])c1[2H]. The highest BCUT2D eigenvalue weighted by atomic mass is 15.1. The van der Waals surface area contributed by atoms with Crippen LogP contribution in [0.5, 0.6) is 0 Å². The van der Waals surface area contributed by atoms with Crippen molar-refractivity contribution in [3.05, 3.63) is 210 Å². The number of anilines is 3. The van der Waals surface area contributed by atoms with Crippen LogP contribution < -0.4 is 4.90 Å². The maximum atomic E-state index is 9.50. The molecule has 0 aromatic heterocycles. The quantitative estimate of drug-likeness (QED) is 0.162. The summed E-state index contributed by atoms with van der Waals surface area (Å²) in [6.07, 6.45) is 5.06. The first-order valence-corrected chi connectivity index (χ1v) is 22.2. The summed E-state index contributed by atoms with van der Waals surface area (Å²) < 4.78 is 45.6. The van der Waals surface area contributed by atoms with Gasteiger partial charge in [0.1, 0.15) is 0 Å². The van der Waals surface area contributed by atoms with Gasteiger partial charge in [0.05, 0.1) is 6.85 Å². The van der Waals surface area contributed by atoms with Crippen molar-refractivity contribution in [1.82, 2.24) is 0 Å². The molecule has 1 spiro atoms. The first kappa shape index (κ1) is 30.6. The fraction of sp³-hybridized carbons (Fsp3) is 0.200. The topological polar surface area (TPSA) is 3.24 Å². The minimum atomic E-state index is -0.388. The van der Waals surface area contributed by atoms with E-state index in [9.17, 15) is 2.74 Å². The van der Waals surface area contributed by atoms with Crippen molar-refractivity contribution in [1.29, 1.82) is 0 Å². The maximum Gasteiger partial charge on any atom is 0.0629 e. The Kier molecular flexibility index (Phi) is 6.53. The van der Waals surface area contributed by atoms with Gasteiger partial charge in [-0.3, -0.25) is 0 Å². The molecule has 0 heterocycles. The molecule has 4 bridgehead atoms. The Balaban J connectivity index is 1.06. The monoisotopic (exact) mass is 788 g/mol. The van der Waals surface area contributed by atoms with Crippen LogP contribution in [-0.2, 0) is 10.8 Å².